The lowest BCUT2D eigenvalue weighted by atomic mass is 9.84. The molecule has 9 N–H and O–H groups in total. The molecule has 0 amide bonds. The van der Waals surface area contributed by atoms with Crippen LogP contribution in [0, 0.1) is 39.4 Å². The van der Waals surface area contributed by atoms with E-state index in [2.05, 4.69) is 29.8 Å². The highest BCUT2D eigenvalue weighted by atomic mass is 32.2. The van der Waals surface area contributed by atoms with Gasteiger partial charge in [-0.05, 0) is 49.6 Å². The van der Waals surface area contributed by atoms with Gasteiger partial charge in [0.25, 0.3) is 0 Å². The minimum Gasteiger partial charge on any atom is -0.412 e. The van der Waals surface area contributed by atoms with Crippen molar-refractivity contribution in [2.24, 2.45) is 16.5 Å². The molecular weight excluding hydrogens is 545 g/mol. The summed E-state index contributed by atoms with van der Waals surface area (Å²) in [6.07, 6.45) is 3.53. The van der Waals surface area contributed by atoms with Gasteiger partial charge in [0.1, 0.15) is 16.0 Å². The molecule has 1 aliphatic heterocycles. The molecule has 0 atom stereocenters. The van der Waals surface area contributed by atoms with Crippen LogP contribution in [0.25, 0.3) is 5.52 Å². The molecule has 2 aliphatic rings. The van der Waals surface area contributed by atoms with Crippen molar-refractivity contribution in [2.45, 2.75) is 63.9 Å². The van der Waals surface area contributed by atoms with Crippen LogP contribution in [0.1, 0.15) is 67.6 Å². The second kappa shape index (κ2) is 14.5. The number of pyridine rings is 1. The molecule has 222 valence electrons. The summed E-state index contributed by atoms with van der Waals surface area (Å²) < 4.78 is 22.4. The highest BCUT2D eigenvalue weighted by Gasteiger charge is 2.48. The van der Waals surface area contributed by atoms with E-state index in [1.54, 1.807) is 12.3 Å². The SMILES string of the molecule is CC.CC(C)COCN1CCC(O)(c2cc(SN)cn3c(C(=N)SC(=N)C4(C#N)CC4)nc(F)c23)CC1.O.O.[HH].[HH]. The zero-order valence-corrected chi connectivity index (χ0v) is 24.4. The number of nitrogens with two attached hydrogens (primary N) is 1. The number of aromatic nitrogens is 2. The molecule has 1 saturated carbocycles. The van der Waals surface area contributed by atoms with Crippen LogP contribution in [0.3, 0.4) is 0 Å². The molecule has 1 aliphatic carbocycles. The van der Waals surface area contributed by atoms with E-state index < -0.39 is 17.0 Å². The Balaban J connectivity index is 0. The number of likely N-dealkylation sites (tertiary alicyclic amines) is 1. The van der Waals surface area contributed by atoms with Crippen LogP contribution >= 0.6 is 23.7 Å². The standard InChI is InChI=1S/C23H30FN7O2S2.C2H6.2H2O.2H2/c1-14(2)11-33-13-30-7-5-23(32,6-8-30)16-9-15(35-28)10-31-17(16)18(24)29-20(31)19(26)34-21(27)22(12-25)3-4-22;1-2;;;;/h9-10,14,26-27,32H,3-8,11,13,28H2,1-2H3;1-2H3;2*1H2;2*1H. The molecule has 3 heterocycles. The van der Waals surface area contributed by atoms with E-state index in [0.29, 0.717) is 68.5 Å². The van der Waals surface area contributed by atoms with Crippen LogP contribution in [-0.4, -0.2) is 66.9 Å². The number of thioether (sulfide) groups is 1. The number of imidazole rings is 1. The molecule has 39 heavy (non-hydrogen) atoms. The Morgan fingerprint density at radius 3 is 2.41 bits per heavy atom. The zero-order valence-electron chi connectivity index (χ0n) is 22.8. The first kappa shape index (κ1) is 34.9. The summed E-state index contributed by atoms with van der Waals surface area (Å²) in [5, 5.41) is 43.4. The lowest BCUT2D eigenvalue weighted by Gasteiger charge is -2.38. The van der Waals surface area contributed by atoms with Crippen LogP contribution < -0.4 is 5.14 Å². The average molecular weight is 590 g/mol. The molecule has 11 nitrogen and oxygen atoms in total. The van der Waals surface area contributed by atoms with E-state index in [-0.39, 0.29) is 35.2 Å². The quantitative estimate of drug-likeness (QED) is 0.202. The van der Waals surface area contributed by atoms with Crippen molar-refractivity contribution >= 4 is 39.3 Å². The third-order valence-electron chi connectivity index (χ3n) is 6.52. The molecule has 0 spiro atoms. The maximum absolute atomic E-state index is 15.2. The van der Waals surface area contributed by atoms with Gasteiger partial charge in [-0.15, -0.1) is 0 Å². The summed E-state index contributed by atoms with van der Waals surface area (Å²) in [5.74, 6) is -0.338. The Bertz CT molecular complexity index is 1200. The molecule has 1 saturated heterocycles. The Labute approximate surface area is 240 Å². The van der Waals surface area contributed by atoms with Crippen molar-refractivity contribution in [1.82, 2.24) is 14.3 Å². The lowest BCUT2D eigenvalue weighted by molar-refractivity contribution is -0.0612. The van der Waals surface area contributed by atoms with Gasteiger partial charge in [-0.1, -0.05) is 39.5 Å². The first-order valence-electron chi connectivity index (χ1n) is 12.5. The molecule has 4 rings (SSSR count). The van der Waals surface area contributed by atoms with Crippen molar-refractivity contribution in [1.29, 1.82) is 16.1 Å². The summed E-state index contributed by atoms with van der Waals surface area (Å²) in [5.41, 5.74) is -1.65. The van der Waals surface area contributed by atoms with Crippen molar-refractivity contribution in [3.05, 3.63) is 29.6 Å². The highest BCUT2D eigenvalue weighted by Crippen LogP contribution is 2.49. The van der Waals surface area contributed by atoms with Gasteiger partial charge in [0.15, 0.2) is 5.82 Å². The van der Waals surface area contributed by atoms with Crippen LogP contribution in [-0.2, 0) is 10.3 Å². The molecule has 2 fully saturated rings. The minimum absolute atomic E-state index is 0. The summed E-state index contributed by atoms with van der Waals surface area (Å²) in [6.45, 7) is 10.5. The second-order valence-electron chi connectivity index (χ2n) is 9.65. The lowest BCUT2D eigenvalue weighted by Crippen LogP contribution is -2.43. The highest BCUT2D eigenvalue weighted by molar-refractivity contribution is 8.26. The molecule has 0 unspecified atom stereocenters. The Hall–Kier alpha value is -2.09. The fourth-order valence-corrected chi connectivity index (χ4v) is 5.46. The predicted octanol–water partition coefficient (Wildman–Crippen LogP) is 3.56. The van der Waals surface area contributed by atoms with E-state index in [9.17, 15) is 10.4 Å². The fourth-order valence-electron chi connectivity index (χ4n) is 4.23. The largest absolute Gasteiger partial charge is 0.412 e. The van der Waals surface area contributed by atoms with Crippen LogP contribution in [0.15, 0.2) is 17.2 Å². The monoisotopic (exact) mass is 589 g/mol. The third kappa shape index (κ3) is 7.56. The van der Waals surface area contributed by atoms with E-state index >= 15 is 4.39 Å². The molecule has 0 bridgehead atoms. The summed E-state index contributed by atoms with van der Waals surface area (Å²) in [4.78, 5) is 6.69. The summed E-state index contributed by atoms with van der Waals surface area (Å²) in [6, 6.07) is 3.83. The predicted molar refractivity (Wildman–Crippen MR) is 158 cm³/mol. The van der Waals surface area contributed by atoms with Gasteiger partial charge in [0, 0.05) is 32.6 Å². The molecule has 14 heteroatoms. The number of hydrogen-bond donors (Lipinski definition) is 4. The van der Waals surface area contributed by atoms with E-state index in [0.717, 1.165) is 23.7 Å². The van der Waals surface area contributed by atoms with Crippen molar-refractivity contribution < 1.29 is 28.0 Å². The van der Waals surface area contributed by atoms with E-state index in [4.69, 9.17) is 20.7 Å². The van der Waals surface area contributed by atoms with Crippen LogP contribution in [0.5, 0.6) is 0 Å². The number of hydrogen-bond acceptors (Lipinski definition) is 10. The smallest absolute Gasteiger partial charge is 0.239 e. The fraction of sp³-hybridized carbons (Fsp3) is 0.600. The van der Waals surface area contributed by atoms with Crippen molar-refractivity contribution in [3.8, 4) is 6.07 Å². The van der Waals surface area contributed by atoms with Crippen LogP contribution in [0.2, 0.25) is 0 Å². The first-order chi connectivity index (χ1) is 17.6. The second-order valence-corrected chi connectivity index (χ2v) is 11.4. The maximum Gasteiger partial charge on any atom is 0.239 e. The van der Waals surface area contributed by atoms with Gasteiger partial charge in [-0.25, -0.2) is 0 Å². The number of nitrogens with zero attached hydrogens (tertiary/aromatic N) is 4. The third-order valence-corrected chi connectivity index (χ3v) is 8.00. The summed E-state index contributed by atoms with van der Waals surface area (Å²) in [7, 11) is 0. The first-order valence-corrected chi connectivity index (χ1v) is 14.2. The number of piperidine rings is 1. The maximum atomic E-state index is 15.2. The zero-order chi connectivity index (χ0) is 27.4. The number of nitriles is 1. The molecule has 2 aromatic rings. The Morgan fingerprint density at radius 1 is 1.28 bits per heavy atom. The number of nitrogens with one attached hydrogen (secondary N) is 2. The van der Waals surface area contributed by atoms with Crippen molar-refractivity contribution in [3.63, 3.8) is 0 Å². The molecule has 0 radical (unpaired) electrons. The van der Waals surface area contributed by atoms with E-state index in [1.807, 2.05) is 13.8 Å². The number of fused-ring (bicyclic) bond motifs is 1. The Morgan fingerprint density at radius 2 is 1.90 bits per heavy atom. The number of halogens is 1. The number of ether oxygens (including phenoxy) is 1. The van der Waals surface area contributed by atoms with Gasteiger partial charge < -0.3 is 20.8 Å². The molecule has 2 aromatic heterocycles. The average Bonchev–Trinajstić information content (AvgIpc) is 3.63. The molecular formula is C25H44FN7O4S2. The minimum atomic E-state index is -1.29. The van der Waals surface area contributed by atoms with Crippen molar-refractivity contribution in [2.75, 3.05) is 26.4 Å². The number of rotatable bonds is 8. The topological polar surface area (TPSA) is 211 Å². The Kier molecular flexibility index (Phi) is 13.0. The van der Waals surface area contributed by atoms with Gasteiger partial charge >= 0.3 is 0 Å². The van der Waals surface area contributed by atoms with E-state index in [1.165, 1.54) is 4.40 Å². The van der Waals surface area contributed by atoms with Gasteiger partial charge in [-0.2, -0.15) is 14.6 Å². The molecule has 0 aromatic carbocycles. The van der Waals surface area contributed by atoms with Gasteiger partial charge in [0.05, 0.1) is 30.1 Å². The van der Waals surface area contributed by atoms with Crippen LogP contribution in [0.4, 0.5) is 4.39 Å². The summed E-state index contributed by atoms with van der Waals surface area (Å²) >= 11 is 1.77. The number of aliphatic hydroxyl groups is 1. The van der Waals surface area contributed by atoms with Gasteiger partial charge in [0.2, 0.25) is 5.95 Å². The normalized spacial score (nSPS) is 17.3. The van der Waals surface area contributed by atoms with Gasteiger partial charge in [-0.3, -0.25) is 25.3 Å².